The maximum Gasteiger partial charge on any atom is 0.310 e. The number of β-amino-alcohol motifs (C(OH)–C–C–N with tert-alkyl or cyclic N) is 1. The molecule has 2 bridgehead atoms. The second kappa shape index (κ2) is 11.5. The van der Waals surface area contributed by atoms with Gasteiger partial charge in [-0.2, -0.15) is 0 Å². The van der Waals surface area contributed by atoms with Crippen LogP contribution in [0.1, 0.15) is 19.3 Å². The van der Waals surface area contributed by atoms with Crippen molar-refractivity contribution in [2.75, 3.05) is 65.7 Å². The van der Waals surface area contributed by atoms with E-state index >= 15 is 0 Å². The van der Waals surface area contributed by atoms with E-state index in [4.69, 9.17) is 9.47 Å². The first-order valence-electron chi connectivity index (χ1n) is 12.5. The molecule has 2 amide bonds. The fraction of sp³-hybridized carbons (Fsp3) is 0.720. The van der Waals surface area contributed by atoms with E-state index in [1.54, 1.807) is 28.8 Å². The maximum atomic E-state index is 14.1. The lowest BCUT2D eigenvalue weighted by Crippen LogP contribution is -2.56. The lowest BCUT2D eigenvalue weighted by atomic mass is 9.71. The van der Waals surface area contributed by atoms with Crippen molar-refractivity contribution in [1.82, 2.24) is 14.7 Å². The molecular weight excluding hydrogens is 470 g/mol. The van der Waals surface area contributed by atoms with Gasteiger partial charge < -0.3 is 24.4 Å². The number of fused-ring (bicyclic) bond motifs is 1. The zero-order valence-corrected chi connectivity index (χ0v) is 21.1. The minimum absolute atomic E-state index is 0.0343. The highest BCUT2D eigenvalue weighted by Crippen LogP contribution is 2.66. The zero-order chi connectivity index (χ0) is 25.0. The minimum Gasteiger partial charge on any atom is -0.465 e. The molecule has 4 aliphatic heterocycles. The number of carbonyl (C=O) groups is 3. The van der Waals surface area contributed by atoms with Crippen LogP contribution in [0.2, 0.25) is 0 Å². The molecule has 4 heterocycles. The van der Waals surface area contributed by atoms with E-state index in [9.17, 15) is 19.5 Å². The predicted octanol–water partition coefficient (Wildman–Crippen LogP) is 0.536. The molecule has 0 aromatic rings. The molecule has 0 radical (unpaired) electrons. The van der Waals surface area contributed by atoms with Gasteiger partial charge in [0.25, 0.3) is 0 Å². The van der Waals surface area contributed by atoms with Crippen LogP contribution in [0.4, 0.5) is 0 Å². The van der Waals surface area contributed by atoms with Gasteiger partial charge in [-0.15, -0.1) is 24.9 Å². The summed E-state index contributed by atoms with van der Waals surface area (Å²) in [6, 6.07) is -0.710. The zero-order valence-electron chi connectivity index (χ0n) is 20.3. The molecule has 0 aromatic heterocycles. The van der Waals surface area contributed by atoms with Crippen molar-refractivity contribution in [1.29, 1.82) is 0 Å². The Bertz CT molecular complexity index is 834. The molecule has 4 fully saturated rings. The van der Waals surface area contributed by atoms with Gasteiger partial charge in [-0.3, -0.25) is 19.3 Å². The molecule has 9 nitrogen and oxygen atoms in total. The number of hydrogen-bond donors (Lipinski definition) is 1. The average Bonchev–Trinajstić information content (AvgIpc) is 3.50. The maximum absolute atomic E-state index is 14.1. The van der Waals surface area contributed by atoms with Crippen LogP contribution in [0.5, 0.6) is 0 Å². The van der Waals surface area contributed by atoms with Crippen molar-refractivity contribution in [3.63, 3.8) is 0 Å². The molecule has 10 heteroatoms. The van der Waals surface area contributed by atoms with Gasteiger partial charge in [0.2, 0.25) is 11.8 Å². The Kier molecular flexibility index (Phi) is 8.57. The number of aliphatic hydroxyl groups is 1. The van der Waals surface area contributed by atoms with E-state index in [1.165, 1.54) is 4.90 Å². The Morgan fingerprint density at radius 2 is 2.03 bits per heavy atom. The molecule has 35 heavy (non-hydrogen) atoms. The first kappa shape index (κ1) is 26.2. The summed E-state index contributed by atoms with van der Waals surface area (Å²) in [5.74, 6) is -1.88. The average molecular weight is 508 g/mol. The van der Waals surface area contributed by atoms with Gasteiger partial charge >= 0.3 is 5.97 Å². The van der Waals surface area contributed by atoms with Gasteiger partial charge in [-0.05, 0) is 19.3 Å². The first-order chi connectivity index (χ1) is 17.0. The second-order valence-electron chi connectivity index (χ2n) is 9.58. The smallest absolute Gasteiger partial charge is 0.310 e. The summed E-state index contributed by atoms with van der Waals surface area (Å²) in [6.45, 7) is 12.2. The van der Waals surface area contributed by atoms with Crippen LogP contribution < -0.4 is 0 Å². The van der Waals surface area contributed by atoms with Crippen LogP contribution in [-0.4, -0.2) is 119 Å². The Hall–Kier alpha value is -1.88. The summed E-state index contributed by atoms with van der Waals surface area (Å²) in [5.41, 5.74) is 0. The number of aliphatic hydroxyl groups excluding tert-OH is 1. The molecule has 0 aromatic carbocycles. The number of amides is 2. The third kappa shape index (κ3) is 4.90. The van der Waals surface area contributed by atoms with Gasteiger partial charge in [-0.25, -0.2) is 0 Å². The monoisotopic (exact) mass is 507 g/mol. The van der Waals surface area contributed by atoms with Crippen LogP contribution in [0.3, 0.4) is 0 Å². The highest BCUT2D eigenvalue weighted by atomic mass is 32.2. The number of carbonyl (C=O) groups excluding carboxylic acids is 3. The highest BCUT2D eigenvalue weighted by molar-refractivity contribution is 8.02. The number of hydrogen-bond acceptors (Lipinski definition) is 8. The standard InChI is InChI=1S/C25H37N3O6S/c1-3-5-15-34-24(32)19-18-6-7-25(35-18)20(19)22(30)28(11-14-29)21(25)23(31)27(8-4-2)10-9-26-12-16-33-17-13-26/h3-4,18-21,29H,1-2,5-17H2/t18-,19+,20-,21?,25?/m0/s1. The molecule has 2 unspecified atom stereocenters. The van der Waals surface area contributed by atoms with Crippen molar-refractivity contribution >= 4 is 29.5 Å². The van der Waals surface area contributed by atoms with E-state index in [2.05, 4.69) is 18.1 Å². The highest BCUT2D eigenvalue weighted by Gasteiger charge is 2.74. The Labute approximate surface area is 211 Å². The fourth-order valence-corrected chi connectivity index (χ4v) is 8.30. The molecular formula is C25H37N3O6S. The van der Waals surface area contributed by atoms with Crippen molar-refractivity contribution in [3.8, 4) is 0 Å². The number of rotatable bonds is 12. The first-order valence-corrected chi connectivity index (χ1v) is 13.4. The van der Waals surface area contributed by atoms with Crippen LogP contribution in [0, 0.1) is 11.8 Å². The van der Waals surface area contributed by atoms with Gasteiger partial charge in [0.15, 0.2) is 0 Å². The molecule has 4 saturated heterocycles. The van der Waals surface area contributed by atoms with Crippen LogP contribution in [0.25, 0.3) is 0 Å². The summed E-state index contributed by atoms with van der Waals surface area (Å²) < 4.78 is 10.2. The molecule has 0 aliphatic carbocycles. The van der Waals surface area contributed by atoms with E-state index in [-0.39, 0.29) is 42.8 Å². The van der Waals surface area contributed by atoms with Crippen LogP contribution in [-0.2, 0) is 23.9 Å². The summed E-state index contributed by atoms with van der Waals surface area (Å²) in [6.07, 6.45) is 5.41. The summed E-state index contributed by atoms with van der Waals surface area (Å²) in [7, 11) is 0. The normalized spacial score (nSPS) is 31.9. The number of ether oxygens (including phenoxy) is 2. The Balaban J connectivity index is 1.57. The number of thioether (sulfide) groups is 1. The van der Waals surface area contributed by atoms with Gasteiger partial charge in [0.1, 0.15) is 6.04 Å². The molecule has 194 valence electrons. The molecule has 1 spiro atoms. The Morgan fingerprint density at radius 3 is 2.71 bits per heavy atom. The third-order valence-electron chi connectivity index (χ3n) is 7.66. The predicted molar refractivity (Wildman–Crippen MR) is 133 cm³/mol. The quantitative estimate of drug-likeness (QED) is 0.232. The van der Waals surface area contributed by atoms with Crippen molar-refractivity contribution in [3.05, 3.63) is 25.3 Å². The molecule has 4 aliphatic rings. The summed E-state index contributed by atoms with van der Waals surface area (Å²) >= 11 is 1.61. The Morgan fingerprint density at radius 1 is 1.26 bits per heavy atom. The minimum atomic E-state index is -0.710. The van der Waals surface area contributed by atoms with E-state index in [0.717, 1.165) is 19.5 Å². The molecule has 5 atom stereocenters. The van der Waals surface area contributed by atoms with Crippen LogP contribution >= 0.6 is 11.8 Å². The molecule has 0 saturated carbocycles. The van der Waals surface area contributed by atoms with Gasteiger partial charge in [0.05, 0.1) is 43.0 Å². The number of likely N-dealkylation sites (tertiary alicyclic amines) is 1. The fourth-order valence-electron chi connectivity index (χ4n) is 6.09. The third-order valence-corrected chi connectivity index (χ3v) is 9.62. The van der Waals surface area contributed by atoms with Gasteiger partial charge in [0, 0.05) is 44.5 Å². The molecule has 4 rings (SSSR count). The molecule has 1 N–H and O–H groups in total. The van der Waals surface area contributed by atoms with Crippen molar-refractivity contribution in [2.24, 2.45) is 11.8 Å². The summed E-state index contributed by atoms with van der Waals surface area (Å²) in [5, 5.41) is 9.71. The van der Waals surface area contributed by atoms with Crippen molar-refractivity contribution < 1.29 is 29.0 Å². The number of esters is 1. The van der Waals surface area contributed by atoms with Gasteiger partial charge in [-0.1, -0.05) is 12.2 Å². The topological polar surface area (TPSA) is 99.6 Å². The lowest BCUT2D eigenvalue weighted by Gasteiger charge is -2.38. The van der Waals surface area contributed by atoms with Crippen molar-refractivity contribution in [2.45, 2.75) is 35.3 Å². The number of morpholine rings is 1. The van der Waals surface area contributed by atoms with E-state index in [0.29, 0.717) is 45.7 Å². The summed E-state index contributed by atoms with van der Waals surface area (Å²) in [4.78, 5) is 46.3. The second-order valence-corrected chi connectivity index (χ2v) is 11.2. The van der Waals surface area contributed by atoms with E-state index < -0.39 is 22.6 Å². The SMILES string of the molecule is C=CCCOC(=O)[C@@H]1[C@@H]2CCC3(S2)C(C(=O)N(CC=C)CCN2CCOCC2)N(CCO)C(=O)[C@H]13. The van der Waals surface area contributed by atoms with E-state index in [1.807, 2.05) is 0 Å². The largest absolute Gasteiger partial charge is 0.465 e. The number of nitrogens with zero attached hydrogens (tertiary/aromatic N) is 3. The van der Waals surface area contributed by atoms with Crippen LogP contribution in [0.15, 0.2) is 25.3 Å². The lowest BCUT2D eigenvalue weighted by molar-refractivity contribution is -0.154.